The fraction of sp³-hybridized carbons (Fsp3) is 1.00. The maximum absolute atomic E-state index is 3.43. The van der Waals surface area contributed by atoms with Gasteiger partial charge in [0.05, 0.1) is 0 Å². The van der Waals surface area contributed by atoms with Crippen molar-refractivity contribution < 1.29 is 0 Å². The molecular formula is C15H30N2. The summed E-state index contributed by atoms with van der Waals surface area (Å²) >= 11 is 0. The second kappa shape index (κ2) is 7.38. The van der Waals surface area contributed by atoms with Crippen molar-refractivity contribution in [3.63, 3.8) is 0 Å². The molecule has 2 atom stereocenters. The summed E-state index contributed by atoms with van der Waals surface area (Å²) in [6.45, 7) is 8.62. The maximum Gasteiger partial charge on any atom is 0.0107 e. The van der Waals surface area contributed by atoms with Crippen LogP contribution in [0.4, 0.5) is 0 Å². The zero-order chi connectivity index (χ0) is 11.9. The van der Waals surface area contributed by atoms with Gasteiger partial charge in [-0.25, -0.2) is 0 Å². The summed E-state index contributed by atoms with van der Waals surface area (Å²) < 4.78 is 0. The second-order valence-electron chi connectivity index (χ2n) is 6.07. The first kappa shape index (κ1) is 13.4. The molecule has 2 aliphatic rings. The SMILES string of the molecule is CCCC1CCCC(CCN2CCNCC2)C1. The largest absolute Gasteiger partial charge is 0.314 e. The number of piperazine rings is 1. The number of hydrogen-bond donors (Lipinski definition) is 1. The third-order valence-electron chi connectivity index (χ3n) is 4.65. The molecule has 1 N–H and O–H groups in total. The number of nitrogens with zero attached hydrogens (tertiary/aromatic N) is 1. The van der Waals surface area contributed by atoms with Crippen LogP contribution >= 0.6 is 0 Å². The highest BCUT2D eigenvalue weighted by molar-refractivity contribution is 4.75. The molecule has 0 spiro atoms. The Hall–Kier alpha value is -0.0800. The normalized spacial score (nSPS) is 31.6. The highest BCUT2D eigenvalue weighted by Gasteiger charge is 2.22. The average molecular weight is 238 g/mol. The van der Waals surface area contributed by atoms with E-state index in [2.05, 4.69) is 17.1 Å². The predicted molar refractivity (Wildman–Crippen MR) is 74.3 cm³/mol. The van der Waals surface area contributed by atoms with Crippen LogP contribution in [0.2, 0.25) is 0 Å². The van der Waals surface area contributed by atoms with Gasteiger partial charge in [0.25, 0.3) is 0 Å². The number of rotatable bonds is 5. The van der Waals surface area contributed by atoms with E-state index in [1.807, 2.05) is 0 Å². The van der Waals surface area contributed by atoms with Gasteiger partial charge >= 0.3 is 0 Å². The Kier molecular flexibility index (Phi) is 5.79. The molecule has 1 saturated heterocycles. The molecule has 1 heterocycles. The van der Waals surface area contributed by atoms with Crippen molar-refractivity contribution in [2.75, 3.05) is 32.7 Å². The zero-order valence-electron chi connectivity index (χ0n) is 11.6. The van der Waals surface area contributed by atoms with Crippen molar-refractivity contribution in [1.82, 2.24) is 10.2 Å². The molecule has 17 heavy (non-hydrogen) atoms. The fourth-order valence-corrected chi connectivity index (χ4v) is 3.63. The van der Waals surface area contributed by atoms with E-state index < -0.39 is 0 Å². The summed E-state index contributed by atoms with van der Waals surface area (Å²) in [6.07, 6.45) is 10.4. The van der Waals surface area contributed by atoms with Gasteiger partial charge in [0.2, 0.25) is 0 Å². The number of hydrogen-bond acceptors (Lipinski definition) is 2. The Bertz CT molecular complexity index is 197. The van der Waals surface area contributed by atoms with Crippen LogP contribution in [0.5, 0.6) is 0 Å². The summed E-state index contributed by atoms with van der Waals surface area (Å²) in [4.78, 5) is 2.65. The van der Waals surface area contributed by atoms with Gasteiger partial charge < -0.3 is 10.2 Å². The van der Waals surface area contributed by atoms with Gasteiger partial charge in [-0.2, -0.15) is 0 Å². The predicted octanol–water partition coefficient (Wildman–Crippen LogP) is 2.89. The van der Waals surface area contributed by atoms with Gasteiger partial charge in [-0.05, 0) is 31.2 Å². The molecule has 0 radical (unpaired) electrons. The van der Waals surface area contributed by atoms with Crippen LogP contribution in [0, 0.1) is 11.8 Å². The molecule has 2 heteroatoms. The second-order valence-corrected chi connectivity index (χ2v) is 6.07. The molecule has 0 bridgehead atoms. The van der Waals surface area contributed by atoms with Crippen molar-refractivity contribution >= 4 is 0 Å². The molecular weight excluding hydrogens is 208 g/mol. The van der Waals surface area contributed by atoms with Gasteiger partial charge in [0.15, 0.2) is 0 Å². The van der Waals surface area contributed by atoms with E-state index in [0.717, 1.165) is 11.8 Å². The first-order valence-electron chi connectivity index (χ1n) is 7.81. The molecule has 2 nitrogen and oxygen atoms in total. The molecule has 1 aliphatic carbocycles. The monoisotopic (exact) mass is 238 g/mol. The van der Waals surface area contributed by atoms with Crippen LogP contribution in [0.3, 0.4) is 0 Å². The zero-order valence-corrected chi connectivity index (χ0v) is 11.6. The third kappa shape index (κ3) is 4.59. The third-order valence-corrected chi connectivity index (χ3v) is 4.65. The van der Waals surface area contributed by atoms with Crippen LogP contribution in [-0.4, -0.2) is 37.6 Å². The fourth-order valence-electron chi connectivity index (χ4n) is 3.63. The first-order chi connectivity index (χ1) is 8.38. The van der Waals surface area contributed by atoms with E-state index in [-0.39, 0.29) is 0 Å². The van der Waals surface area contributed by atoms with E-state index in [0.29, 0.717) is 0 Å². The van der Waals surface area contributed by atoms with Crippen molar-refractivity contribution in [3.05, 3.63) is 0 Å². The van der Waals surface area contributed by atoms with Gasteiger partial charge in [-0.15, -0.1) is 0 Å². The quantitative estimate of drug-likeness (QED) is 0.792. The van der Waals surface area contributed by atoms with E-state index >= 15 is 0 Å². The van der Waals surface area contributed by atoms with Crippen LogP contribution in [-0.2, 0) is 0 Å². The minimum atomic E-state index is 1.04. The van der Waals surface area contributed by atoms with E-state index in [9.17, 15) is 0 Å². The summed E-state index contributed by atoms with van der Waals surface area (Å²) in [6, 6.07) is 0. The number of nitrogens with one attached hydrogen (secondary N) is 1. The smallest absolute Gasteiger partial charge is 0.0107 e. The van der Waals surface area contributed by atoms with Gasteiger partial charge in [-0.3, -0.25) is 0 Å². The minimum Gasteiger partial charge on any atom is -0.314 e. The van der Waals surface area contributed by atoms with Crippen LogP contribution in [0.25, 0.3) is 0 Å². The molecule has 1 saturated carbocycles. The lowest BCUT2D eigenvalue weighted by Crippen LogP contribution is -2.44. The lowest BCUT2D eigenvalue weighted by atomic mass is 9.78. The molecule has 2 unspecified atom stereocenters. The van der Waals surface area contributed by atoms with E-state index in [4.69, 9.17) is 0 Å². The lowest BCUT2D eigenvalue weighted by Gasteiger charge is -2.32. The Morgan fingerprint density at radius 3 is 2.47 bits per heavy atom. The maximum atomic E-state index is 3.43. The van der Waals surface area contributed by atoms with Crippen molar-refractivity contribution in [1.29, 1.82) is 0 Å². The highest BCUT2D eigenvalue weighted by atomic mass is 15.2. The lowest BCUT2D eigenvalue weighted by molar-refractivity contribution is 0.188. The summed E-state index contributed by atoms with van der Waals surface area (Å²) in [7, 11) is 0. The molecule has 2 fully saturated rings. The summed E-state index contributed by atoms with van der Waals surface area (Å²) in [5, 5.41) is 3.43. The topological polar surface area (TPSA) is 15.3 Å². The molecule has 0 amide bonds. The molecule has 2 rings (SSSR count). The Labute approximate surface area is 107 Å². The summed E-state index contributed by atoms with van der Waals surface area (Å²) in [5.41, 5.74) is 0. The Balaban J connectivity index is 1.64. The first-order valence-corrected chi connectivity index (χ1v) is 7.81. The van der Waals surface area contributed by atoms with Crippen molar-refractivity contribution in [3.8, 4) is 0 Å². The highest BCUT2D eigenvalue weighted by Crippen LogP contribution is 2.33. The van der Waals surface area contributed by atoms with Crippen LogP contribution in [0.15, 0.2) is 0 Å². The molecule has 100 valence electrons. The van der Waals surface area contributed by atoms with Gasteiger partial charge in [-0.1, -0.05) is 39.0 Å². The molecule has 0 aromatic rings. The van der Waals surface area contributed by atoms with Crippen molar-refractivity contribution in [2.24, 2.45) is 11.8 Å². The average Bonchev–Trinajstić information content (AvgIpc) is 2.39. The Morgan fingerprint density at radius 1 is 1.06 bits per heavy atom. The Morgan fingerprint density at radius 2 is 1.76 bits per heavy atom. The summed E-state index contributed by atoms with van der Waals surface area (Å²) in [5.74, 6) is 2.09. The van der Waals surface area contributed by atoms with Gasteiger partial charge in [0.1, 0.15) is 0 Å². The van der Waals surface area contributed by atoms with Crippen LogP contribution < -0.4 is 5.32 Å². The molecule has 0 aromatic heterocycles. The van der Waals surface area contributed by atoms with Crippen LogP contribution in [0.1, 0.15) is 51.9 Å². The molecule has 0 aromatic carbocycles. The standard InChI is InChI=1S/C15H30N2/c1-2-4-14-5-3-6-15(13-14)7-10-17-11-8-16-9-12-17/h14-16H,2-13H2,1H3. The minimum absolute atomic E-state index is 1.04. The van der Waals surface area contributed by atoms with Crippen molar-refractivity contribution in [2.45, 2.75) is 51.9 Å². The van der Waals surface area contributed by atoms with E-state index in [1.54, 1.807) is 0 Å². The van der Waals surface area contributed by atoms with Gasteiger partial charge in [0, 0.05) is 26.2 Å². The van der Waals surface area contributed by atoms with E-state index in [1.165, 1.54) is 77.7 Å². The molecule has 1 aliphatic heterocycles.